The summed E-state index contributed by atoms with van der Waals surface area (Å²) in [4.78, 5) is 7.85. The fourth-order valence-corrected chi connectivity index (χ4v) is 2.83. The number of guanidine groups is 1. The van der Waals surface area contributed by atoms with Crippen LogP contribution in [0.4, 0.5) is 13.2 Å². The van der Waals surface area contributed by atoms with Gasteiger partial charge in [0.1, 0.15) is 5.01 Å². The van der Waals surface area contributed by atoms with Crippen molar-refractivity contribution >= 4 is 28.9 Å². The smallest absolute Gasteiger partial charge is 0.357 e. The third-order valence-corrected chi connectivity index (χ3v) is 4.26. The maximum absolute atomic E-state index is 12.5. The molecule has 0 aliphatic rings. The van der Waals surface area contributed by atoms with Crippen LogP contribution in [0.3, 0.4) is 0 Å². The number of thiazole rings is 1. The Morgan fingerprint density at radius 3 is 2.56 bits per heavy atom. The lowest BCUT2D eigenvalue weighted by atomic mass is 10.1. The lowest BCUT2D eigenvalue weighted by Gasteiger charge is -2.11. The lowest BCUT2D eigenvalue weighted by Crippen LogP contribution is -2.38. The number of nitrogens with zero attached hydrogens (tertiary/aromatic N) is 2. The topological polar surface area (TPSA) is 49.3 Å². The van der Waals surface area contributed by atoms with Crippen molar-refractivity contribution in [3.63, 3.8) is 0 Å². The minimum Gasteiger partial charge on any atom is -0.357 e. The van der Waals surface area contributed by atoms with Crippen LogP contribution in [0.15, 0.2) is 34.6 Å². The highest BCUT2D eigenvalue weighted by Crippen LogP contribution is 2.30. The molecule has 1 heterocycles. The van der Waals surface area contributed by atoms with Gasteiger partial charge in [-0.1, -0.05) is 23.7 Å². The molecule has 0 saturated heterocycles. The van der Waals surface area contributed by atoms with Crippen molar-refractivity contribution in [2.75, 3.05) is 13.1 Å². The Bertz CT molecular complexity index is 698. The second-order valence-corrected chi connectivity index (χ2v) is 6.50. The number of alkyl halides is 3. The zero-order valence-corrected chi connectivity index (χ0v) is 15.1. The molecule has 1 aromatic carbocycles. The van der Waals surface area contributed by atoms with Gasteiger partial charge < -0.3 is 10.6 Å². The van der Waals surface area contributed by atoms with E-state index in [4.69, 9.17) is 11.6 Å². The molecule has 0 spiro atoms. The van der Waals surface area contributed by atoms with Crippen molar-refractivity contribution in [2.45, 2.75) is 26.1 Å². The van der Waals surface area contributed by atoms with Crippen molar-refractivity contribution in [3.8, 4) is 0 Å². The van der Waals surface area contributed by atoms with E-state index in [9.17, 15) is 13.2 Å². The monoisotopic (exact) mass is 390 g/mol. The predicted octanol–water partition coefficient (Wildman–Crippen LogP) is 4.11. The number of rotatable bonds is 6. The predicted molar refractivity (Wildman–Crippen MR) is 95.1 cm³/mol. The minimum atomic E-state index is -4.42. The van der Waals surface area contributed by atoms with E-state index < -0.39 is 11.9 Å². The average Bonchev–Trinajstić information content (AvgIpc) is 3.04. The summed E-state index contributed by atoms with van der Waals surface area (Å²) in [6.45, 7) is 3.30. The molecule has 25 heavy (non-hydrogen) atoms. The van der Waals surface area contributed by atoms with Gasteiger partial charge >= 0.3 is 6.18 Å². The van der Waals surface area contributed by atoms with Crippen LogP contribution >= 0.6 is 22.9 Å². The summed E-state index contributed by atoms with van der Waals surface area (Å²) in [5, 5.41) is 8.22. The second kappa shape index (κ2) is 9.05. The van der Waals surface area contributed by atoms with E-state index in [1.165, 1.54) is 0 Å². The van der Waals surface area contributed by atoms with Crippen LogP contribution in [0.1, 0.15) is 23.2 Å². The fraction of sp³-hybridized carbons (Fsp3) is 0.375. The first-order valence-corrected chi connectivity index (χ1v) is 8.92. The van der Waals surface area contributed by atoms with Gasteiger partial charge in [0.2, 0.25) is 0 Å². The van der Waals surface area contributed by atoms with Gasteiger partial charge in [-0.05, 0) is 31.0 Å². The van der Waals surface area contributed by atoms with Gasteiger partial charge in [-0.15, -0.1) is 11.3 Å². The largest absolute Gasteiger partial charge is 0.434 e. The van der Waals surface area contributed by atoms with Crippen LogP contribution in [0, 0.1) is 0 Å². The van der Waals surface area contributed by atoms with Crippen LogP contribution < -0.4 is 10.6 Å². The Hall–Kier alpha value is -1.80. The van der Waals surface area contributed by atoms with Crippen molar-refractivity contribution in [2.24, 2.45) is 4.99 Å². The highest BCUT2D eigenvalue weighted by Gasteiger charge is 2.33. The Labute approximate surface area is 153 Å². The number of benzene rings is 1. The molecule has 0 amide bonds. The molecule has 0 saturated carbocycles. The maximum atomic E-state index is 12.5. The van der Waals surface area contributed by atoms with Gasteiger partial charge in [-0.25, -0.2) is 9.98 Å². The van der Waals surface area contributed by atoms with E-state index >= 15 is 0 Å². The molecule has 4 nitrogen and oxygen atoms in total. The zero-order chi connectivity index (χ0) is 18.3. The highest BCUT2D eigenvalue weighted by molar-refractivity contribution is 7.09. The molecule has 2 aromatic rings. The van der Waals surface area contributed by atoms with Crippen molar-refractivity contribution in [1.29, 1.82) is 0 Å². The molecule has 0 bridgehead atoms. The molecule has 0 unspecified atom stereocenters. The molecule has 2 N–H and O–H groups in total. The fourth-order valence-electron chi connectivity index (χ4n) is 1.98. The number of hydrogen-bond acceptors (Lipinski definition) is 3. The van der Waals surface area contributed by atoms with Crippen molar-refractivity contribution < 1.29 is 13.2 Å². The average molecular weight is 391 g/mol. The van der Waals surface area contributed by atoms with Gasteiger partial charge in [-0.2, -0.15) is 13.2 Å². The lowest BCUT2D eigenvalue weighted by molar-refractivity contribution is -0.140. The molecule has 9 heteroatoms. The van der Waals surface area contributed by atoms with E-state index in [0.29, 0.717) is 29.1 Å². The molecular weight excluding hydrogens is 373 g/mol. The minimum absolute atomic E-state index is 0.0943. The highest BCUT2D eigenvalue weighted by atomic mass is 35.5. The van der Waals surface area contributed by atoms with E-state index in [2.05, 4.69) is 20.6 Å². The molecule has 2 rings (SSSR count). The molecule has 0 aliphatic carbocycles. The quantitative estimate of drug-likeness (QED) is 0.576. The van der Waals surface area contributed by atoms with Crippen LogP contribution in [-0.4, -0.2) is 24.0 Å². The standard InChI is InChI=1S/C16H18ClF3N4S/c1-2-21-15(22-8-7-11-3-5-12(17)6-4-11)23-9-14-24-13(10-25-14)16(18,19)20/h3-6,10H,2,7-9H2,1H3,(H2,21,22,23). The number of halogens is 4. The Morgan fingerprint density at radius 2 is 1.96 bits per heavy atom. The first-order valence-electron chi connectivity index (χ1n) is 7.66. The molecule has 0 fully saturated rings. The van der Waals surface area contributed by atoms with Crippen molar-refractivity contribution in [3.05, 3.63) is 50.9 Å². The number of hydrogen-bond donors (Lipinski definition) is 2. The van der Waals surface area contributed by atoms with Crippen LogP contribution in [-0.2, 0) is 19.1 Å². The summed E-state index contributed by atoms with van der Waals surface area (Å²) in [7, 11) is 0. The van der Waals surface area contributed by atoms with Gasteiger partial charge in [0.05, 0.1) is 6.54 Å². The molecule has 136 valence electrons. The summed E-state index contributed by atoms with van der Waals surface area (Å²) >= 11 is 6.80. The van der Waals surface area contributed by atoms with Crippen LogP contribution in [0.2, 0.25) is 5.02 Å². The Morgan fingerprint density at radius 1 is 1.24 bits per heavy atom. The summed E-state index contributed by atoms with van der Waals surface area (Å²) in [6.07, 6.45) is -3.64. The molecule has 1 aromatic heterocycles. The summed E-state index contributed by atoms with van der Waals surface area (Å²) in [5.74, 6) is 0.542. The van der Waals surface area contributed by atoms with E-state index in [0.717, 1.165) is 28.7 Å². The summed E-state index contributed by atoms with van der Waals surface area (Å²) < 4.78 is 37.6. The number of aromatic nitrogens is 1. The Kier molecular flexibility index (Phi) is 7.07. The van der Waals surface area contributed by atoms with Gasteiger partial charge in [0.25, 0.3) is 0 Å². The number of nitrogens with one attached hydrogen (secondary N) is 2. The molecule has 0 atom stereocenters. The first-order chi connectivity index (χ1) is 11.9. The third kappa shape index (κ3) is 6.55. The zero-order valence-electron chi connectivity index (χ0n) is 13.5. The maximum Gasteiger partial charge on any atom is 0.434 e. The summed E-state index contributed by atoms with van der Waals surface area (Å²) in [5.41, 5.74) is 0.255. The first kappa shape index (κ1) is 19.5. The Balaban J connectivity index is 1.89. The van der Waals surface area contributed by atoms with E-state index in [-0.39, 0.29) is 6.54 Å². The summed E-state index contributed by atoms with van der Waals surface area (Å²) in [6, 6.07) is 7.55. The molecule has 0 aliphatic heterocycles. The van der Waals surface area contributed by atoms with Gasteiger partial charge in [-0.3, -0.25) is 0 Å². The molecule has 0 radical (unpaired) electrons. The SMILES string of the molecule is CCNC(=NCc1nc(C(F)(F)F)cs1)NCCc1ccc(Cl)cc1. The number of aliphatic imine (C=N–C) groups is 1. The van der Waals surface area contributed by atoms with E-state index in [1.54, 1.807) is 0 Å². The van der Waals surface area contributed by atoms with Crippen molar-refractivity contribution in [1.82, 2.24) is 15.6 Å². The third-order valence-electron chi connectivity index (χ3n) is 3.18. The van der Waals surface area contributed by atoms with Crippen LogP contribution in [0.5, 0.6) is 0 Å². The van der Waals surface area contributed by atoms with E-state index in [1.807, 2.05) is 31.2 Å². The molecular formula is C16H18ClF3N4S. The van der Waals surface area contributed by atoms with Crippen LogP contribution in [0.25, 0.3) is 0 Å². The second-order valence-electron chi connectivity index (χ2n) is 5.12. The van der Waals surface area contributed by atoms with Gasteiger partial charge in [0.15, 0.2) is 11.7 Å². The van der Waals surface area contributed by atoms with Gasteiger partial charge in [0, 0.05) is 23.5 Å². The normalized spacial score (nSPS) is 12.3.